The Morgan fingerprint density at radius 2 is 1.48 bits per heavy atom. The van der Waals surface area contributed by atoms with E-state index in [1.807, 2.05) is 0 Å². The van der Waals surface area contributed by atoms with Gasteiger partial charge in [-0.3, -0.25) is 9.59 Å². The Balaban J connectivity index is 0.000000231. The van der Waals surface area contributed by atoms with Crippen LogP contribution in [-0.4, -0.2) is 26.2 Å². The molecule has 0 unspecified atom stereocenters. The van der Waals surface area contributed by atoms with Crippen LogP contribution in [0, 0.1) is 22.1 Å². The second-order valence-electron chi connectivity index (χ2n) is 6.06. The number of esters is 2. The molecule has 2 saturated carbocycles. The summed E-state index contributed by atoms with van der Waals surface area (Å²) < 4.78 is 9.41. The zero-order valence-corrected chi connectivity index (χ0v) is 14.7. The fraction of sp³-hybridized carbons (Fsp3) is 0.667. The maximum atomic E-state index is 11.3. The molecule has 0 aromatic rings. The average molecular weight is 341 g/mol. The predicted octanol–water partition coefficient (Wildman–Crippen LogP) is 3.83. The number of carbonyl (C=O) groups excluding carboxylic acids is 2. The van der Waals surface area contributed by atoms with E-state index in [-0.39, 0.29) is 17.4 Å². The Morgan fingerprint density at radius 3 is 1.87 bits per heavy atom. The smallest absolute Gasteiger partial charge is 0.324 e. The summed E-state index contributed by atoms with van der Waals surface area (Å²) in [6.45, 7) is 3.68. The van der Waals surface area contributed by atoms with Gasteiger partial charge in [0, 0.05) is 5.38 Å². The molecular weight excluding hydrogens is 316 g/mol. The lowest BCUT2D eigenvalue weighted by molar-refractivity contribution is -0.150. The molecule has 2 aliphatic rings. The lowest BCUT2D eigenvalue weighted by atomic mass is 9.87. The Bertz CT molecular complexity index is 489. The molecule has 0 heterocycles. The fourth-order valence-electron chi connectivity index (χ4n) is 3.35. The average Bonchev–Trinajstić information content (AvgIpc) is 3.25. The van der Waals surface area contributed by atoms with Gasteiger partial charge in [0.1, 0.15) is 5.41 Å². The van der Waals surface area contributed by atoms with E-state index in [9.17, 15) is 9.59 Å². The summed E-state index contributed by atoms with van der Waals surface area (Å²) in [7, 11) is 2.82. The van der Waals surface area contributed by atoms with Crippen LogP contribution < -0.4 is 0 Å². The van der Waals surface area contributed by atoms with Crippen molar-refractivity contribution >= 4 is 23.5 Å². The highest BCUT2D eigenvalue weighted by Gasteiger charge is 2.41. The minimum atomic E-state index is -0.601. The number of halogens is 1. The van der Waals surface area contributed by atoms with Crippen LogP contribution in [0.25, 0.3) is 0 Å². The highest BCUT2D eigenvalue weighted by Crippen LogP contribution is 2.40. The first-order valence-corrected chi connectivity index (χ1v) is 8.31. The Labute approximate surface area is 143 Å². The minimum absolute atomic E-state index is 0.120. The van der Waals surface area contributed by atoms with E-state index in [1.165, 1.54) is 14.2 Å². The SMILES string of the molecule is C=CC1(C(=O)OC)CCCC1.COC(=O)C1(C#CCl)CCCC1. The monoisotopic (exact) mass is 340 g/mol. The number of rotatable bonds is 3. The number of hydrogen-bond acceptors (Lipinski definition) is 4. The third-order valence-corrected chi connectivity index (χ3v) is 4.89. The van der Waals surface area contributed by atoms with Crippen molar-refractivity contribution in [2.24, 2.45) is 10.8 Å². The molecule has 128 valence electrons. The normalized spacial score (nSPS) is 20.3. The van der Waals surface area contributed by atoms with Crippen LogP contribution in [0.15, 0.2) is 12.7 Å². The summed E-state index contributed by atoms with van der Waals surface area (Å²) in [6, 6.07) is 0. The van der Waals surface area contributed by atoms with Crippen molar-refractivity contribution in [2.45, 2.75) is 51.4 Å². The summed E-state index contributed by atoms with van der Waals surface area (Å²) in [5, 5.41) is 2.29. The first-order chi connectivity index (χ1) is 11.0. The lowest BCUT2D eigenvalue weighted by Crippen LogP contribution is -2.27. The molecule has 0 spiro atoms. The van der Waals surface area contributed by atoms with Gasteiger partial charge in [-0.2, -0.15) is 0 Å². The van der Waals surface area contributed by atoms with Crippen molar-refractivity contribution in [1.29, 1.82) is 0 Å². The first kappa shape index (κ1) is 19.6. The molecule has 0 aromatic carbocycles. The van der Waals surface area contributed by atoms with Gasteiger partial charge in [-0.1, -0.05) is 37.7 Å². The van der Waals surface area contributed by atoms with E-state index >= 15 is 0 Å². The Hall–Kier alpha value is -1.47. The molecule has 2 fully saturated rings. The van der Waals surface area contributed by atoms with Crippen molar-refractivity contribution in [3.8, 4) is 11.3 Å². The van der Waals surface area contributed by atoms with Gasteiger partial charge in [-0.25, -0.2) is 0 Å². The van der Waals surface area contributed by atoms with Crippen LogP contribution in [0.3, 0.4) is 0 Å². The molecule has 0 amide bonds. The molecular formula is C18H25ClO4. The minimum Gasteiger partial charge on any atom is -0.468 e. The van der Waals surface area contributed by atoms with E-state index in [0.717, 1.165) is 51.4 Å². The van der Waals surface area contributed by atoms with Gasteiger partial charge in [0.05, 0.1) is 19.6 Å². The summed E-state index contributed by atoms with van der Waals surface area (Å²) in [4.78, 5) is 22.6. The number of carbonyl (C=O) groups is 2. The van der Waals surface area contributed by atoms with Gasteiger partial charge in [0.2, 0.25) is 0 Å². The van der Waals surface area contributed by atoms with E-state index in [1.54, 1.807) is 6.08 Å². The van der Waals surface area contributed by atoms with Crippen molar-refractivity contribution < 1.29 is 19.1 Å². The van der Waals surface area contributed by atoms with Crippen LogP contribution in [-0.2, 0) is 19.1 Å². The van der Waals surface area contributed by atoms with Crippen LogP contribution in [0.4, 0.5) is 0 Å². The maximum absolute atomic E-state index is 11.3. The number of ether oxygens (including phenoxy) is 2. The van der Waals surface area contributed by atoms with Gasteiger partial charge in [0.25, 0.3) is 0 Å². The van der Waals surface area contributed by atoms with Crippen molar-refractivity contribution in [2.75, 3.05) is 14.2 Å². The molecule has 0 aromatic heterocycles. The molecule has 0 radical (unpaired) electrons. The van der Waals surface area contributed by atoms with Gasteiger partial charge >= 0.3 is 11.9 Å². The van der Waals surface area contributed by atoms with Crippen LogP contribution >= 0.6 is 11.6 Å². The molecule has 0 N–H and O–H groups in total. The predicted molar refractivity (Wildman–Crippen MR) is 89.7 cm³/mol. The zero-order valence-electron chi connectivity index (χ0n) is 14.0. The van der Waals surface area contributed by atoms with Crippen LogP contribution in [0.1, 0.15) is 51.4 Å². The molecule has 0 saturated heterocycles. The van der Waals surface area contributed by atoms with Crippen molar-refractivity contribution in [3.63, 3.8) is 0 Å². The second kappa shape index (κ2) is 8.98. The van der Waals surface area contributed by atoms with Crippen LogP contribution in [0.2, 0.25) is 0 Å². The van der Waals surface area contributed by atoms with Gasteiger partial charge in [-0.15, -0.1) is 6.58 Å². The topological polar surface area (TPSA) is 52.6 Å². The molecule has 2 rings (SSSR count). The number of hydrogen-bond donors (Lipinski definition) is 0. The molecule has 0 bridgehead atoms. The fourth-order valence-corrected chi connectivity index (χ4v) is 3.53. The summed E-state index contributed by atoms with van der Waals surface area (Å²) in [6.07, 6.45) is 9.39. The molecule has 0 aliphatic heterocycles. The molecule has 0 atom stereocenters. The molecule has 4 nitrogen and oxygen atoms in total. The highest BCUT2D eigenvalue weighted by atomic mass is 35.5. The lowest BCUT2D eigenvalue weighted by Gasteiger charge is -2.20. The van der Waals surface area contributed by atoms with Gasteiger partial charge in [0.15, 0.2) is 0 Å². The van der Waals surface area contributed by atoms with E-state index in [0.29, 0.717) is 0 Å². The third kappa shape index (κ3) is 4.51. The Morgan fingerprint density at radius 1 is 1.00 bits per heavy atom. The molecule has 5 heteroatoms. The van der Waals surface area contributed by atoms with Gasteiger partial charge in [-0.05, 0) is 37.3 Å². The standard InChI is InChI=1S/C9H11ClO2.C9H14O2/c1-12-8(11)9(6-7-10)4-2-3-5-9;1-3-9(8(10)11-2)6-4-5-7-9/h2-5H2,1H3;3H,1,4-7H2,2H3. The summed E-state index contributed by atoms with van der Waals surface area (Å²) in [5.74, 6) is 2.39. The first-order valence-electron chi connectivity index (χ1n) is 7.93. The highest BCUT2D eigenvalue weighted by molar-refractivity contribution is 6.30. The Kier molecular flexibility index (Phi) is 7.64. The maximum Gasteiger partial charge on any atom is 0.324 e. The second-order valence-corrected chi connectivity index (χ2v) is 6.25. The van der Waals surface area contributed by atoms with E-state index in [4.69, 9.17) is 16.3 Å². The number of methoxy groups -OCH3 is 2. The van der Waals surface area contributed by atoms with Crippen molar-refractivity contribution in [3.05, 3.63) is 12.7 Å². The zero-order chi connectivity index (χ0) is 17.3. The van der Waals surface area contributed by atoms with E-state index in [2.05, 4.69) is 22.6 Å². The summed E-state index contributed by atoms with van der Waals surface area (Å²) >= 11 is 5.30. The van der Waals surface area contributed by atoms with Gasteiger partial charge < -0.3 is 9.47 Å². The van der Waals surface area contributed by atoms with E-state index < -0.39 is 5.41 Å². The van der Waals surface area contributed by atoms with Crippen molar-refractivity contribution in [1.82, 2.24) is 0 Å². The van der Waals surface area contributed by atoms with Crippen LogP contribution in [0.5, 0.6) is 0 Å². The molecule has 2 aliphatic carbocycles. The quantitative estimate of drug-likeness (QED) is 0.445. The third-order valence-electron chi connectivity index (χ3n) is 4.80. The molecule has 23 heavy (non-hydrogen) atoms. The largest absolute Gasteiger partial charge is 0.468 e. The summed E-state index contributed by atoms with van der Waals surface area (Å²) in [5.41, 5.74) is -0.953.